The minimum absolute atomic E-state index is 0.0995. The van der Waals surface area contributed by atoms with Crippen LogP contribution in [0.4, 0.5) is 11.5 Å². The van der Waals surface area contributed by atoms with E-state index in [4.69, 9.17) is 11.0 Å². The first-order valence-corrected chi connectivity index (χ1v) is 7.61. The average molecular weight is 305 g/mol. The predicted molar refractivity (Wildman–Crippen MR) is 78.9 cm³/mol. The fourth-order valence-electron chi connectivity index (χ4n) is 1.86. The van der Waals surface area contributed by atoms with E-state index < -0.39 is 10.0 Å². The second-order valence-electron chi connectivity index (χ2n) is 4.56. The van der Waals surface area contributed by atoms with E-state index in [1.54, 1.807) is 26.1 Å². The topological polar surface area (TPSA) is 114 Å². The van der Waals surface area contributed by atoms with Crippen molar-refractivity contribution in [3.8, 4) is 6.07 Å². The molecule has 1 heterocycles. The Morgan fingerprint density at radius 2 is 2.00 bits per heavy atom. The van der Waals surface area contributed by atoms with Crippen LogP contribution in [-0.4, -0.2) is 18.2 Å². The third-order valence-corrected chi connectivity index (χ3v) is 4.37. The molecule has 3 N–H and O–H groups in total. The lowest BCUT2D eigenvalue weighted by molar-refractivity contribution is 0.600. The van der Waals surface area contributed by atoms with Crippen LogP contribution in [0.5, 0.6) is 0 Å². The number of hydrogen-bond donors (Lipinski definition) is 2. The normalized spacial score (nSPS) is 11.1. The van der Waals surface area contributed by atoms with Gasteiger partial charge in [-0.3, -0.25) is 4.72 Å². The summed E-state index contributed by atoms with van der Waals surface area (Å²) in [5.41, 5.74) is 7.41. The van der Waals surface area contributed by atoms with Crippen molar-refractivity contribution in [1.29, 1.82) is 5.26 Å². The van der Waals surface area contributed by atoms with Crippen molar-refractivity contribution in [2.45, 2.75) is 18.2 Å². The number of hydrogen-bond acceptors (Lipinski definition) is 5. The average Bonchev–Trinajstić information content (AvgIpc) is 2.66. The highest BCUT2D eigenvalue weighted by molar-refractivity contribution is 7.92. The molecule has 0 aliphatic rings. The van der Waals surface area contributed by atoms with E-state index in [2.05, 4.69) is 9.82 Å². The van der Waals surface area contributed by atoms with Crippen LogP contribution in [0.2, 0.25) is 0 Å². The van der Waals surface area contributed by atoms with E-state index in [0.717, 1.165) is 5.56 Å². The Morgan fingerprint density at radius 3 is 2.48 bits per heavy atom. The van der Waals surface area contributed by atoms with Gasteiger partial charge in [0.05, 0.1) is 28.8 Å². The van der Waals surface area contributed by atoms with Gasteiger partial charge in [0.1, 0.15) is 0 Å². The monoisotopic (exact) mass is 305 g/mol. The van der Waals surface area contributed by atoms with Gasteiger partial charge in [0, 0.05) is 7.05 Å². The van der Waals surface area contributed by atoms with Crippen LogP contribution >= 0.6 is 0 Å². The Labute approximate surface area is 123 Å². The van der Waals surface area contributed by atoms with Crippen molar-refractivity contribution < 1.29 is 8.42 Å². The van der Waals surface area contributed by atoms with Crippen LogP contribution in [0.1, 0.15) is 11.3 Å². The first kappa shape index (κ1) is 14.9. The standard InChI is InChI=1S/C13H15N5O2S/c1-9-12(15)13(18(2)16-9)17-21(19,20)11-5-3-10(4-6-11)7-8-14/h3-6,17H,7,15H2,1-2H3. The highest BCUT2D eigenvalue weighted by atomic mass is 32.2. The maximum Gasteiger partial charge on any atom is 0.263 e. The van der Waals surface area contributed by atoms with Crippen LogP contribution in [0.15, 0.2) is 29.2 Å². The van der Waals surface area contributed by atoms with Crippen molar-refractivity contribution in [2.75, 3.05) is 10.5 Å². The third kappa shape index (κ3) is 2.98. The molecule has 0 unspecified atom stereocenters. The molecule has 0 aliphatic heterocycles. The van der Waals surface area contributed by atoms with Gasteiger partial charge in [0.2, 0.25) is 0 Å². The lowest BCUT2D eigenvalue weighted by Crippen LogP contribution is -2.16. The van der Waals surface area contributed by atoms with Crippen LogP contribution < -0.4 is 10.5 Å². The van der Waals surface area contributed by atoms with Gasteiger partial charge in [-0.25, -0.2) is 13.1 Å². The van der Waals surface area contributed by atoms with Gasteiger partial charge in [0.25, 0.3) is 10.0 Å². The molecule has 2 rings (SSSR count). The molecule has 0 saturated heterocycles. The highest BCUT2D eigenvalue weighted by Gasteiger charge is 2.19. The third-order valence-electron chi connectivity index (χ3n) is 3.02. The highest BCUT2D eigenvalue weighted by Crippen LogP contribution is 2.24. The van der Waals surface area contributed by atoms with E-state index in [9.17, 15) is 8.42 Å². The van der Waals surface area contributed by atoms with E-state index in [1.807, 2.05) is 6.07 Å². The van der Waals surface area contributed by atoms with Crippen LogP contribution in [0, 0.1) is 18.3 Å². The molecule has 0 aliphatic carbocycles. The molecule has 0 fully saturated rings. The molecule has 1 aromatic carbocycles. The number of benzene rings is 1. The van der Waals surface area contributed by atoms with E-state index in [1.165, 1.54) is 16.8 Å². The minimum Gasteiger partial charge on any atom is -0.394 e. The lowest BCUT2D eigenvalue weighted by Gasteiger charge is -2.09. The van der Waals surface area contributed by atoms with Crippen molar-refractivity contribution in [2.24, 2.45) is 7.05 Å². The van der Waals surface area contributed by atoms with Gasteiger partial charge >= 0.3 is 0 Å². The Bertz CT molecular complexity index is 800. The van der Waals surface area contributed by atoms with Crippen molar-refractivity contribution in [3.63, 3.8) is 0 Å². The number of nitrogens with one attached hydrogen (secondary N) is 1. The number of aromatic nitrogens is 2. The Kier molecular flexibility index (Phi) is 3.86. The van der Waals surface area contributed by atoms with Crippen molar-refractivity contribution >= 4 is 21.5 Å². The number of nitrogen functional groups attached to an aromatic ring is 1. The molecule has 0 atom stereocenters. The molecule has 0 bridgehead atoms. The number of anilines is 2. The molecule has 8 heteroatoms. The van der Waals surface area contributed by atoms with Crippen LogP contribution in [0.3, 0.4) is 0 Å². The first-order chi connectivity index (χ1) is 9.85. The van der Waals surface area contributed by atoms with Gasteiger partial charge in [-0.2, -0.15) is 10.4 Å². The van der Waals surface area contributed by atoms with Crippen LogP contribution in [0.25, 0.3) is 0 Å². The Balaban J connectivity index is 2.32. The van der Waals surface area contributed by atoms with E-state index >= 15 is 0 Å². The van der Waals surface area contributed by atoms with Gasteiger partial charge in [-0.05, 0) is 24.6 Å². The molecule has 7 nitrogen and oxygen atoms in total. The number of aryl methyl sites for hydroxylation is 2. The quantitative estimate of drug-likeness (QED) is 0.880. The summed E-state index contributed by atoms with van der Waals surface area (Å²) in [5, 5.41) is 12.7. The maximum absolute atomic E-state index is 12.3. The molecule has 0 amide bonds. The van der Waals surface area contributed by atoms with Crippen molar-refractivity contribution in [3.05, 3.63) is 35.5 Å². The summed E-state index contributed by atoms with van der Waals surface area (Å²) >= 11 is 0. The first-order valence-electron chi connectivity index (χ1n) is 6.13. The zero-order valence-corrected chi connectivity index (χ0v) is 12.5. The largest absolute Gasteiger partial charge is 0.394 e. The van der Waals surface area contributed by atoms with Crippen molar-refractivity contribution in [1.82, 2.24) is 9.78 Å². The number of nitriles is 1. The van der Waals surface area contributed by atoms with Gasteiger partial charge in [-0.1, -0.05) is 12.1 Å². The molecular formula is C13H15N5O2S. The summed E-state index contributed by atoms with van der Waals surface area (Å²) < 4.78 is 28.4. The van der Waals surface area contributed by atoms with Gasteiger partial charge < -0.3 is 5.73 Å². The molecule has 2 aromatic rings. The molecule has 1 aromatic heterocycles. The number of nitrogens with two attached hydrogens (primary N) is 1. The summed E-state index contributed by atoms with van der Waals surface area (Å²) in [6.07, 6.45) is 0.238. The molecule has 0 spiro atoms. The van der Waals surface area contributed by atoms with Gasteiger partial charge in [0.15, 0.2) is 5.82 Å². The van der Waals surface area contributed by atoms with Gasteiger partial charge in [-0.15, -0.1) is 0 Å². The number of sulfonamides is 1. The fourth-order valence-corrected chi connectivity index (χ4v) is 2.97. The molecule has 21 heavy (non-hydrogen) atoms. The molecule has 110 valence electrons. The summed E-state index contributed by atoms with van der Waals surface area (Å²) in [4.78, 5) is 0.0995. The lowest BCUT2D eigenvalue weighted by atomic mass is 10.2. The molecule has 0 radical (unpaired) electrons. The number of rotatable bonds is 4. The van der Waals surface area contributed by atoms with E-state index in [0.29, 0.717) is 11.4 Å². The maximum atomic E-state index is 12.3. The summed E-state index contributed by atoms with van der Waals surface area (Å²) in [7, 11) is -2.14. The van der Waals surface area contributed by atoms with E-state index in [-0.39, 0.29) is 17.1 Å². The minimum atomic E-state index is -3.75. The summed E-state index contributed by atoms with van der Waals surface area (Å²) in [6.45, 7) is 1.70. The zero-order valence-electron chi connectivity index (χ0n) is 11.7. The summed E-state index contributed by atoms with van der Waals surface area (Å²) in [5.74, 6) is 0.230. The molecule has 0 saturated carbocycles. The van der Waals surface area contributed by atoms with Crippen LogP contribution in [-0.2, 0) is 23.5 Å². The Morgan fingerprint density at radius 1 is 1.38 bits per heavy atom. The molecular weight excluding hydrogens is 290 g/mol. The summed E-state index contributed by atoms with van der Waals surface area (Å²) in [6, 6.07) is 8.13. The zero-order chi connectivity index (χ0) is 15.6. The smallest absolute Gasteiger partial charge is 0.263 e. The SMILES string of the molecule is Cc1nn(C)c(NS(=O)(=O)c2ccc(CC#N)cc2)c1N. The predicted octanol–water partition coefficient (Wildman–Crippen LogP) is 1.18. The Hall–Kier alpha value is -2.53. The number of nitrogens with zero attached hydrogens (tertiary/aromatic N) is 3. The second kappa shape index (κ2) is 5.46. The fraction of sp³-hybridized carbons (Fsp3) is 0.231. The second-order valence-corrected chi connectivity index (χ2v) is 6.24.